The Labute approximate surface area is 282 Å². The number of hydrogen-bond acceptors (Lipinski definition) is 9. The van der Waals surface area contributed by atoms with Crippen LogP contribution in [0.3, 0.4) is 0 Å². The summed E-state index contributed by atoms with van der Waals surface area (Å²) in [6.45, 7) is 14.9. The van der Waals surface area contributed by atoms with Gasteiger partial charge in [-0.05, 0) is 61.4 Å². The zero-order valence-electron chi connectivity index (χ0n) is 28.9. The molecule has 1 heterocycles. The van der Waals surface area contributed by atoms with Gasteiger partial charge in [0.2, 0.25) is 10.0 Å². The molecule has 1 aliphatic rings. The molecule has 0 bridgehead atoms. The number of nitrogens with one attached hydrogen (secondary N) is 2. The number of methoxy groups -OCH3 is 1. The van der Waals surface area contributed by atoms with E-state index in [-0.39, 0.29) is 28.8 Å². The Balaban J connectivity index is 1.48. The number of sulfonamides is 1. The SMILES string of the molecule is COc1c(NC(=O)C(=O)c2ccc(OCCN3CCN(C(=O)OC(C)(C)C)CC3)c3ccccc23)cc(C(C)(C)C)cc1NS(C)(=O)=O. The highest BCUT2D eigenvalue weighted by Crippen LogP contribution is 2.39. The molecule has 1 saturated heterocycles. The Morgan fingerprint density at radius 3 is 2.08 bits per heavy atom. The third kappa shape index (κ3) is 9.38. The summed E-state index contributed by atoms with van der Waals surface area (Å²) in [6.07, 6.45) is 0.713. The van der Waals surface area contributed by atoms with Crippen LogP contribution in [0.1, 0.15) is 57.5 Å². The molecule has 3 aromatic rings. The maximum absolute atomic E-state index is 13.6. The van der Waals surface area contributed by atoms with Gasteiger partial charge >= 0.3 is 6.09 Å². The van der Waals surface area contributed by atoms with Crippen LogP contribution in [0, 0.1) is 0 Å². The fraction of sp³-hybridized carbons (Fsp3) is 0.457. The lowest BCUT2D eigenvalue weighted by atomic mass is 9.86. The van der Waals surface area contributed by atoms with Crippen LogP contribution in [0.4, 0.5) is 16.2 Å². The Kier molecular flexibility index (Phi) is 10.9. The molecule has 2 amide bonds. The Morgan fingerprint density at radius 1 is 0.875 bits per heavy atom. The predicted octanol–water partition coefficient (Wildman–Crippen LogP) is 5.27. The number of anilines is 2. The molecule has 0 spiro atoms. The number of nitrogens with zero attached hydrogens (tertiary/aromatic N) is 2. The molecule has 4 rings (SSSR count). The summed E-state index contributed by atoms with van der Waals surface area (Å²) in [6, 6.07) is 13.8. The molecule has 13 heteroatoms. The van der Waals surface area contributed by atoms with E-state index >= 15 is 0 Å². The summed E-state index contributed by atoms with van der Waals surface area (Å²) >= 11 is 0. The normalized spacial score (nSPS) is 14.4. The quantitative estimate of drug-likeness (QED) is 0.216. The second-order valence-electron chi connectivity index (χ2n) is 13.8. The van der Waals surface area contributed by atoms with Crippen molar-refractivity contribution in [2.45, 2.75) is 52.6 Å². The predicted molar refractivity (Wildman–Crippen MR) is 187 cm³/mol. The number of piperazine rings is 1. The summed E-state index contributed by atoms with van der Waals surface area (Å²) in [5.74, 6) is -1.03. The highest BCUT2D eigenvalue weighted by atomic mass is 32.2. The smallest absolute Gasteiger partial charge is 0.410 e. The Bertz CT molecular complexity index is 1790. The molecule has 0 radical (unpaired) electrons. The summed E-state index contributed by atoms with van der Waals surface area (Å²) in [5.41, 5.74) is 0.259. The highest BCUT2D eigenvalue weighted by Gasteiger charge is 2.27. The zero-order chi connectivity index (χ0) is 35.4. The van der Waals surface area contributed by atoms with E-state index in [9.17, 15) is 22.8 Å². The molecule has 0 unspecified atom stereocenters. The van der Waals surface area contributed by atoms with Crippen molar-refractivity contribution in [3.63, 3.8) is 0 Å². The van der Waals surface area contributed by atoms with Gasteiger partial charge in [-0.15, -0.1) is 0 Å². The topological polar surface area (TPSA) is 144 Å². The summed E-state index contributed by atoms with van der Waals surface area (Å²) < 4.78 is 43.7. The van der Waals surface area contributed by atoms with Crippen molar-refractivity contribution in [1.29, 1.82) is 0 Å². The second kappa shape index (κ2) is 14.4. The minimum Gasteiger partial charge on any atom is -0.492 e. The lowest BCUT2D eigenvalue weighted by Crippen LogP contribution is -2.50. The number of hydrogen-bond donors (Lipinski definition) is 2. The van der Waals surface area contributed by atoms with Crippen LogP contribution in [-0.2, 0) is 25.0 Å². The number of rotatable bonds is 10. The molecule has 0 saturated carbocycles. The summed E-state index contributed by atoms with van der Waals surface area (Å²) in [5, 5.41) is 3.88. The van der Waals surface area contributed by atoms with E-state index < -0.39 is 32.7 Å². The first-order valence-electron chi connectivity index (χ1n) is 15.8. The van der Waals surface area contributed by atoms with Crippen molar-refractivity contribution in [2.75, 3.05) is 62.7 Å². The molecular formula is C35H46N4O8S. The van der Waals surface area contributed by atoms with Crippen molar-refractivity contribution in [1.82, 2.24) is 9.80 Å². The maximum atomic E-state index is 13.6. The maximum Gasteiger partial charge on any atom is 0.410 e. The number of carbonyl (C=O) groups is 3. The van der Waals surface area contributed by atoms with Gasteiger partial charge in [-0.1, -0.05) is 45.0 Å². The molecule has 0 atom stereocenters. The van der Waals surface area contributed by atoms with Gasteiger partial charge in [0, 0.05) is 43.7 Å². The van der Waals surface area contributed by atoms with E-state index in [2.05, 4.69) is 14.9 Å². The van der Waals surface area contributed by atoms with E-state index in [4.69, 9.17) is 14.2 Å². The van der Waals surface area contributed by atoms with Crippen LogP contribution in [0.15, 0.2) is 48.5 Å². The van der Waals surface area contributed by atoms with Crippen LogP contribution in [0.5, 0.6) is 11.5 Å². The fourth-order valence-corrected chi connectivity index (χ4v) is 5.86. The number of amides is 2. The lowest BCUT2D eigenvalue weighted by Gasteiger charge is -2.35. The summed E-state index contributed by atoms with van der Waals surface area (Å²) in [7, 11) is -2.32. The van der Waals surface area contributed by atoms with Crippen molar-refractivity contribution in [2.24, 2.45) is 0 Å². The lowest BCUT2D eigenvalue weighted by molar-refractivity contribution is -0.112. The number of ketones is 1. The van der Waals surface area contributed by atoms with E-state index in [1.54, 1.807) is 41.3 Å². The van der Waals surface area contributed by atoms with E-state index in [0.29, 0.717) is 61.4 Å². The molecule has 1 aliphatic heterocycles. The third-order valence-electron chi connectivity index (χ3n) is 7.73. The van der Waals surface area contributed by atoms with Crippen LogP contribution in [0.25, 0.3) is 10.8 Å². The Morgan fingerprint density at radius 2 is 1.50 bits per heavy atom. The van der Waals surface area contributed by atoms with Gasteiger partial charge in [0.05, 0.1) is 24.7 Å². The molecule has 260 valence electrons. The molecule has 2 N–H and O–H groups in total. The van der Waals surface area contributed by atoms with Crippen molar-refractivity contribution < 1.29 is 37.0 Å². The van der Waals surface area contributed by atoms with Crippen LogP contribution in [-0.4, -0.2) is 94.3 Å². The van der Waals surface area contributed by atoms with Gasteiger partial charge in [-0.3, -0.25) is 19.2 Å². The van der Waals surface area contributed by atoms with Gasteiger partial charge in [-0.2, -0.15) is 0 Å². The number of fused-ring (bicyclic) bond motifs is 1. The first-order valence-corrected chi connectivity index (χ1v) is 17.7. The molecule has 12 nitrogen and oxygen atoms in total. The largest absolute Gasteiger partial charge is 0.492 e. The number of benzene rings is 3. The molecule has 48 heavy (non-hydrogen) atoms. The van der Waals surface area contributed by atoms with Crippen LogP contribution < -0.4 is 19.5 Å². The van der Waals surface area contributed by atoms with Gasteiger partial charge in [0.1, 0.15) is 18.0 Å². The number of ether oxygens (including phenoxy) is 3. The van der Waals surface area contributed by atoms with E-state index in [0.717, 1.165) is 6.26 Å². The Hall–Kier alpha value is -4.36. The first-order chi connectivity index (χ1) is 22.4. The summed E-state index contributed by atoms with van der Waals surface area (Å²) in [4.78, 5) is 43.3. The fourth-order valence-electron chi connectivity index (χ4n) is 5.31. The van der Waals surface area contributed by atoms with Crippen LogP contribution in [0.2, 0.25) is 0 Å². The monoisotopic (exact) mass is 682 g/mol. The first kappa shape index (κ1) is 36.5. The molecule has 0 aliphatic carbocycles. The average molecular weight is 683 g/mol. The van der Waals surface area contributed by atoms with E-state index in [1.165, 1.54) is 7.11 Å². The minimum absolute atomic E-state index is 0.0782. The van der Waals surface area contributed by atoms with E-state index in [1.807, 2.05) is 53.7 Å². The van der Waals surface area contributed by atoms with Crippen molar-refractivity contribution in [3.8, 4) is 11.5 Å². The second-order valence-corrected chi connectivity index (χ2v) is 15.6. The van der Waals surface area contributed by atoms with Crippen molar-refractivity contribution in [3.05, 3.63) is 59.7 Å². The molecule has 3 aromatic carbocycles. The average Bonchev–Trinajstić information content (AvgIpc) is 2.99. The molecule has 1 fully saturated rings. The van der Waals surface area contributed by atoms with Gasteiger partial charge < -0.3 is 24.4 Å². The number of carbonyl (C=O) groups excluding carboxylic acids is 3. The standard InChI is InChI=1S/C35H46N4O8S/c1-34(2,3)23-21-27(31(45-7)28(22-23)37-48(8,43)44)36-32(41)30(40)26-13-14-29(25-12-10-9-11-24(25)26)46-20-19-38-15-17-39(18-16-38)33(42)47-35(4,5)6/h9-14,21-22,37H,15-20H2,1-8H3,(H,36,41). The zero-order valence-corrected chi connectivity index (χ0v) is 29.7. The van der Waals surface area contributed by atoms with Crippen molar-refractivity contribution >= 4 is 50.0 Å². The molecule has 0 aromatic heterocycles. The third-order valence-corrected chi connectivity index (χ3v) is 8.32. The number of Topliss-reactive ketones (excluding diaryl/α,β-unsaturated/α-hetero) is 1. The molecular weight excluding hydrogens is 636 g/mol. The highest BCUT2D eigenvalue weighted by molar-refractivity contribution is 7.92. The minimum atomic E-state index is -3.67. The van der Waals surface area contributed by atoms with Gasteiger partial charge in [0.15, 0.2) is 5.75 Å². The van der Waals surface area contributed by atoms with Crippen LogP contribution >= 0.6 is 0 Å². The van der Waals surface area contributed by atoms with Gasteiger partial charge in [0.25, 0.3) is 11.7 Å². The van der Waals surface area contributed by atoms with Gasteiger partial charge in [-0.25, -0.2) is 13.2 Å².